The van der Waals surface area contributed by atoms with Gasteiger partial charge in [-0.25, -0.2) is 0 Å². The summed E-state index contributed by atoms with van der Waals surface area (Å²) in [6, 6.07) is 36.8. The lowest BCUT2D eigenvalue weighted by Gasteiger charge is -2.15. The molecule has 0 aromatic heterocycles. The molecule has 1 aliphatic carbocycles. The predicted octanol–water partition coefficient (Wildman–Crippen LogP) is 7.88. The Hall–Kier alpha value is -4.56. The first-order valence-electron chi connectivity index (χ1n) is 11.4. The summed E-state index contributed by atoms with van der Waals surface area (Å²) in [6.45, 7) is 0. The summed E-state index contributed by atoms with van der Waals surface area (Å²) in [5, 5.41) is 26.9. The van der Waals surface area contributed by atoms with Crippen LogP contribution >= 0.6 is 0 Å². The Morgan fingerprint density at radius 3 is 1.26 bits per heavy atom. The van der Waals surface area contributed by atoms with Crippen molar-refractivity contribution in [3.05, 3.63) is 131 Å². The Bertz CT molecular complexity index is 1700. The molecule has 0 atom stereocenters. The normalized spacial score (nSPS) is 12.8. The average molecular weight is 437 g/mol. The van der Waals surface area contributed by atoms with Crippen molar-refractivity contribution in [1.82, 2.24) is 0 Å². The standard InChI is InChI=1S/C32H20O2/c33-22-13-15-24-20(17-22)7-3-9-26(24)31-28-11-1-5-19-6-2-12-29(30(19)28)32(31)27-10-4-8-21-18-23(34)14-16-25(21)27/h1-18,33-34H. The second kappa shape index (κ2) is 6.97. The molecule has 6 aromatic rings. The molecular formula is C32H20O2. The highest BCUT2D eigenvalue weighted by Crippen LogP contribution is 2.50. The van der Waals surface area contributed by atoms with Crippen LogP contribution in [0, 0.1) is 0 Å². The number of hydrogen-bond acceptors (Lipinski definition) is 2. The van der Waals surface area contributed by atoms with Crippen LogP contribution in [0.4, 0.5) is 0 Å². The maximum atomic E-state index is 10.1. The molecule has 1 aliphatic rings. The molecule has 2 nitrogen and oxygen atoms in total. The zero-order chi connectivity index (χ0) is 22.8. The van der Waals surface area contributed by atoms with Gasteiger partial charge >= 0.3 is 0 Å². The van der Waals surface area contributed by atoms with Crippen LogP contribution < -0.4 is 0 Å². The van der Waals surface area contributed by atoms with Crippen LogP contribution in [0.5, 0.6) is 11.5 Å². The fourth-order valence-electron chi connectivity index (χ4n) is 5.56. The molecule has 0 heterocycles. The highest BCUT2D eigenvalue weighted by molar-refractivity contribution is 6.24. The maximum absolute atomic E-state index is 10.1. The van der Waals surface area contributed by atoms with E-state index in [1.54, 1.807) is 12.1 Å². The van der Waals surface area contributed by atoms with Crippen molar-refractivity contribution in [2.75, 3.05) is 0 Å². The van der Waals surface area contributed by atoms with Crippen molar-refractivity contribution >= 4 is 43.5 Å². The van der Waals surface area contributed by atoms with E-state index in [0.717, 1.165) is 32.7 Å². The first-order chi connectivity index (χ1) is 16.7. The molecule has 0 amide bonds. The zero-order valence-electron chi connectivity index (χ0n) is 18.3. The van der Waals surface area contributed by atoms with Crippen LogP contribution in [-0.2, 0) is 0 Å². The van der Waals surface area contributed by atoms with Gasteiger partial charge in [0, 0.05) is 0 Å². The van der Waals surface area contributed by atoms with E-state index in [4.69, 9.17) is 0 Å². The van der Waals surface area contributed by atoms with Gasteiger partial charge in [-0.1, -0.05) is 84.9 Å². The van der Waals surface area contributed by atoms with E-state index in [1.165, 1.54) is 33.0 Å². The minimum Gasteiger partial charge on any atom is -0.508 e. The Labute approximate surface area is 196 Å². The van der Waals surface area contributed by atoms with Crippen molar-refractivity contribution in [2.45, 2.75) is 0 Å². The Balaban J connectivity index is 1.67. The Morgan fingerprint density at radius 1 is 0.382 bits per heavy atom. The average Bonchev–Trinajstić information content (AvgIpc) is 3.18. The zero-order valence-corrected chi connectivity index (χ0v) is 18.3. The molecule has 0 saturated heterocycles. The molecule has 160 valence electrons. The smallest absolute Gasteiger partial charge is 0.116 e. The summed E-state index contributed by atoms with van der Waals surface area (Å²) in [5.74, 6) is 0.536. The van der Waals surface area contributed by atoms with Gasteiger partial charge in [-0.2, -0.15) is 0 Å². The van der Waals surface area contributed by atoms with E-state index in [2.05, 4.69) is 60.7 Å². The minimum absolute atomic E-state index is 0.268. The Kier molecular flexibility index (Phi) is 3.88. The fourth-order valence-corrected chi connectivity index (χ4v) is 5.56. The summed E-state index contributed by atoms with van der Waals surface area (Å²) in [5.41, 5.74) is 7.13. The number of aromatic hydroxyl groups is 2. The van der Waals surface area contributed by atoms with Crippen molar-refractivity contribution < 1.29 is 10.2 Å². The van der Waals surface area contributed by atoms with E-state index in [-0.39, 0.29) is 11.5 Å². The topological polar surface area (TPSA) is 40.5 Å². The number of phenolic OH excluding ortho intramolecular Hbond substituents is 2. The lowest BCUT2D eigenvalue weighted by atomic mass is 9.88. The third kappa shape index (κ3) is 2.63. The predicted molar refractivity (Wildman–Crippen MR) is 140 cm³/mol. The molecule has 0 aliphatic heterocycles. The molecule has 2 heteroatoms. The number of hydrogen-bond donors (Lipinski definition) is 2. The highest BCUT2D eigenvalue weighted by Gasteiger charge is 2.28. The van der Waals surface area contributed by atoms with Crippen molar-refractivity contribution in [3.63, 3.8) is 0 Å². The highest BCUT2D eigenvalue weighted by atomic mass is 16.3. The molecule has 0 radical (unpaired) electrons. The maximum Gasteiger partial charge on any atom is 0.116 e. The molecule has 0 saturated carbocycles. The molecular weight excluding hydrogens is 416 g/mol. The van der Waals surface area contributed by atoms with Gasteiger partial charge in [0.05, 0.1) is 0 Å². The van der Waals surface area contributed by atoms with Crippen molar-refractivity contribution in [2.24, 2.45) is 0 Å². The van der Waals surface area contributed by atoms with Gasteiger partial charge in [-0.3, -0.25) is 0 Å². The third-order valence-corrected chi connectivity index (χ3v) is 6.96. The van der Waals surface area contributed by atoms with Crippen molar-refractivity contribution in [1.29, 1.82) is 0 Å². The van der Waals surface area contributed by atoms with E-state index in [1.807, 2.05) is 36.4 Å². The first-order valence-corrected chi connectivity index (χ1v) is 11.4. The van der Waals surface area contributed by atoms with Crippen LogP contribution in [-0.4, -0.2) is 10.2 Å². The van der Waals surface area contributed by atoms with E-state index >= 15 is 0 Å². The second-order valence-corrected chi connectivity index (χ2v) is 8.88. The molecule has 34 heavy (non-hydrogen) atoms. The quantitative estimate of drug-likeness (QED) is 0.289. The van der Waals surface area contributed by atoms with E-state index in [9.17, 15) is 10.2 Å². The van der Waals surface area contributed by atoms with Gasteiger partial charge in [0.2, 0.25) is 0 Å². The van der Waals surface area contributed by atoms with E-state index in [0.29, 0.717) is 0 Å². The molecule has 6 aromatic carbocycles. The molecule has 0 spiro atoms. The van der Waals surface area contributed by atoms with Crippen LogP contribution in [0.15, 0.2) is 109 Å². The Morgan fingerprint density at radius 2 is 0.794 bits per heavy atom. The summed E-state index contributed by atoms with van der Waals surface area (Å²) < 4.78 is 0. The molecule has 0 unspecified atom stereocenters. The lowest BCUT2D eigenvalue weighted by molar-refractivity contribution is 0.475. The van der Waals surface area contributed by atoms with Gasteiger partial charge in [0.15, 0.2) is 0 Å². The molecule has 2 N–H and O–H groups in total. The summed E-state index contributed by atoms with van der Waals surface area (Å²) >= 11 is 0. The SMILES string of the molecule is Oc1ccc2c(C3=C(c4cccc5cc(O)ccc45)c4cccc5cccc3c45)cccc2c1. The molecule has 7 rings (SSSR count). The van der Waals surface area contributed by atoms with Crippen LogP contribution in [0.3, 0.4) is 0 Å². The second-order valence-electron chi connectivity index (χ2n) is 8.88. The van der Waals surface area contributed by atoms with Gasteiger partial charge in [0.1, 0.15) is 11.5 Å². The van der Waals surface area contributed by atoms with Gasteiger partial charge in [-0.15, -0.1) is 0 Å². The number of fused-ring (bicyclic) bond motifs is 2. The fraction of sp³-hybridized carbons (Fsp3) is 0. The van der Waals surface area contributed by atoms with Crippen LogP contribution in [0.1, 0.15) is 22.3 Å². The minimum atomic E-state index is 0.268. The number of rotatable bonds is 2. The van der Waals surface area contributed by atoms with Crippen molar-refractivity contribution in [3.8, 4) is 11.5 Å². The molecule has 0 bridgehead atoms. The number of phenols is 2. The first kappa shape index (κ1) is 19.0. The van der Waals surface area contributed by atoms with E-state index < -0.39 is 0 Å². The van der Waals surface area contributed by atoms with Gasteiger partial charge in [-0.05, 0) is 90.0 Å². The molecule has 0 fully saturated rings. The third-order valence-electron chi connectivity index (χ3n) is 6.96. The van der Waals surface area contributed by atoms with Gasteiger partial charge < -0.3 is 10.2 Å². The largest absolute Gasteiger partial charge is 0.508 e. The lowest BCUT2D eigenvalue weighted by Crippen LogP contribution is -1.93. The van der Waals surface area contributed by atoms with Crippen LogP contribution in [0.25, 0.3) is 43.5 Å². The summed E-state index contributed by atoms with van der Waals surface area (Å²) in [4.78, 5) is 0. The summed E-state index contributed by atoms with van der Waals surface area (Å²) in [6.07, 6.45) is 0. The monoisotopic (exact) mass is 436 g/mol. The van der Waals surface area contributed by atoms with Gasteiger partial charge in [0.25, 0.3) is 0 Å². The van der Waals surface area contributed by atoms with Crippen LogP contribution in [0.2, 0.25) is 0 Å². The summed E-state index contributed by atoms with van der Waals surface area (Å²) in [7, 11) is 0. The number of benzene rings is 6.